The van der Waals surface area contributed by atoms with Gasteiger partial charge in [-0.05, 0) is 35.9 Å². The molecule has 0 fully saturated rings. The van der Waals surface area contributed by atoms with Crippen LogP contribution in [0.15, 0.2) is 78.9 Å². The van der Waals surface area contributed by atoms with Crippen LogP contribution in [0.3, 0.4) is 0 Å². The molecule has 0 saturated heterocycles. The molecule has 0 atom stereocenters. The average Bonchev–Trinajstić information content (AvgIpc) is 2.50. The summed E-state index contributed by atoms with van der Waals surface area (Å²) in [5, 5.41) is 0.754. The highest BCUT2D eigenvalue weighted by Crippen LogP contribution is 2.30. The molecule has 0 amide bonds. The number of rotatable bonds is 3. The van der Waals surface area contributed by atoms with Crippen LogP contribution < -0.4 is 4.74 Å². The Morgan fingerprint density at radius 3 is 1.90 bits per heavy atom. The first-order valence-electron chi connectivity index (χ1n) is 6.41. The van der Waals surface area contributed by atoms with Crippen LogP contribution in [-0.4, -0.2) is 0 Å². The highest BCUT2D eigenvalue weighted by molar-refractivity contribution is 6.33. The lowest BCUT2D eigenvalue weighted by Crippen LogP contribution is -1.84. The summed E-state index contributed by atoms with van der Waals surface area (Å²) in [6.45, 7) is 0. The van der Waals surface area contributed by atoms with Crippen molar-refractivity contribution < 1.29 is 4.74 Å². The van der Waals surface area contributed by atoms with Gasteiger partial charge in [-0.1, -0.05) is 60.1 Å². The lowest BCUT2D eigenvalue weighted by Gasteiger charge is -2.07. The molecule has 0 radical (unpaired) electrons. The van der Waals surface area contributed by atoms with Gasteiger partial charge >= 0.3 is 0 Å². The largest absolute Gasteiger partial charge is 0.457 e. The second-order valence-electron chi connectivity index (χ2n) is 4.42. The van der Waals surface area contributed by atoms with Crippen LogP contribution >= 0.6 is 11.6 Å². The van der Waals surface area contributed by atoms with Gasteiger partial charge in [0.05, 0.1) is 0 Å². The smallest absolute Gasteiger partial charge is 0.127 e. The Labute approximate surface area is 123 Å². The minimum Gasteiger partial charge on any atom is -0.457 e. The zero-order valence-electron chi connectivity index (χ0n) is 10.8. The maximum absolute atomic E-state index is 6.20. The topological polar surface area (TPSA) is 9.23 Å². The zero-order chi connectivity index (χ0) is 13.8. The van der Waals surface area contributed by atoms with E-state index in [4.69, 9.17) is 16.3 Å². The molecule has 0 aliphatic carbocycles. The van der Waals surface area contributed by atoms with E-state index in [-0.39, 0.29) is 0 Å². The molecule has 0 aliphatic heterocycles. The molecule has 0 aromatic heterocycles. The summed E-state index contributed by atoms with van der Waals surface area (Å²) in [6.07, 6.45) is 0. The second kappa shape index (κ2) is 5.81. The molecule has 3 aromatic rings. The van der Waals surface area contributed by atoms with Crippen LogP contribution in [0.5, 0.6) is 11.5 Å². The van der Waals surface area contributed by atoms with Gasteiger partial charge in [0.1, 0.15) is 11.5 Å². The summed E-state index contributed by atoms with van der Waals surface area (Å²) in [5.41, 5.74) is 2.11. The molecule has 20 heavy (non-hydrogen) atoms. The van der Waals surface area contributed by atoms with E-state index < -0.39 is 0 Å². The average molecular weight is 281 g/mol. The van der Waals surface area contributed by atoms with Crippen molar-refractivity contribution in [3.63, 3.8) is 0 Å². The molecular formula is C18H13ClO. The first-order valence-corrected chi connectivity index (χ1v) is 6.78. The summed E-state index contributed by atoms with van der Waals surface area (Å²) >= 11 is 6.20. The van der Waals surface area contributed by atoms with Gasteiger partial charge in [0.2, 0.25) is 0 Å². The van der Waals surface area contributed by atoms with Crippen LogP contribution in [-0.2, 0) is 0 Å². The number of hydrogen-bond acceptors (Lipinski definition) is 1. The SMILES string of the molecule is Clc1ccccc1-c1ccc(Oc2ccccc2)cc1. The Kier molecular flexibility index (Phi) is 3.71. The van der Waals surface area contributed by atoms with Crippen molar-refractivity contribution in [1.29, 1.82) is 0 Å². The highest BCUT2D eigenvalue weighted by Gasteiger charge is 2.03. The highest BCUT2D eigenvalue weighted by atomic mass is 35.5. The van der Waals surface area contributed by atoms with E-state index in [0.717, 1.165) is 27.6 Å². The molecule has 3 rings (SSSR count). The quantitative estimate of drug-likeness (QED) is 0.589. The Hall–Kier alpha value is -2.25. The molecule has 3 aromatic carbocycles. The third-order valence-corrected chi connectivity index (χ3v) is 3.35. The van der Waals surface area contributed by atoms with Crippen LogP contribution in [0.4, 0.5) is 0 Å². The lowest BCUT2D eigenvalue weighted by atomic mass is 10.1. The van der Waals surface area contributed by atoms with E-state index in [1.165, 1.54) is 0 Å². The Balaban J connectivity index is 1.83. The zero-order valence-corrected chi connectivity index (χ0v) is 11.5. The Bertz CT molecular complexity index is 690. The summed E-state index contributed by atoms with van der Waals surface area (Å²) in [6, 6.07) is 25.5. The van der Waals surface area contributed by atoms with E-state index in [0.29, 0.717) is 0 Å². The first kappa shape index (κ1) is 12.8. The normalized spacial score (nSPS) is 10.2. The van der Waals surface area contributed by atoms with Crippen LogP contribution in [0.2, 0.25) is 5.02 Å². The predicted molar refractivity (Wildman–Crippen MR) is 83.4 cm³/mol. The number of para-hydroxylation sites is 1. The molecule has 98 valence electrons. The molecule has 2 heteroatoms. The van der Waals surface area contributed by atoms with E-state index >= 15 is 0 Å². The maximum Gasteiger partial charge on any atom is 0.127 e. The van der Waals surface area contributed by atoms with Gasteiger partial charge in [-0.15, -0.1) is 0 Å². The van der Waals surface area contributed by atoms with Crippen LogP contribution in [0.1, 0.15) is 0 Å². The van der Waals surface area contributed by atoms with Crippen molar-refractivity contribution >= 4 is 11.6 Å². The molecule has 0 spiro atoms. The number of hydrogen-bond donors (Lipinski definition) is 0. The van der Waals surface area contributed by atoms with Crippen molar-refractivity contribution in [2.24, 2.45) is 0 Å². The van der Waals surface area contributed by atoms with Gasteiger partial charge in [0.25, 0.3) is 0 Å². The summed E-state index contributed by atoms with van der Waals surface area (Å²) in [5.74, 6) is 1.64. The van der Waals surface area contributed by atoms with Crippen molar-refractivity contribution in [2.45, 2.75) is 0 Å². The summed E-state index contributed by atoms with van der Waals surface area (Å²) < 4.78 is 5.77. The number of halogens is 1. The predicted octanol–water partition coefficient (Wildman–Crippen LogP) is 5.80. The third kappa shape index (κ3) is 2.84. The maximum atomic E-state index is 6.20. The fraction of sp³-hybridized carbons (Fsp3) is 0. The van der Waals surface area contributed by atoms with Crippen molar-refractivity contribution in [2.75, 3.05) is 0 Å². The second-order valence-corrected chi connectivity index (χ2v) is 4.83. The molecule has 0 aliphatic rings. The Morgan fingerprint density at radius 1 is 0.600 bits per heavy atom. The molecule has 0 saturated carbocycles. The first-order chi connectivity index (χ1) is 9.83. The standard InChI is InChI=1S/C18H13ClO/c19-18-9-5-4-8-17(18)14-10-12-16(13-11-14)20-15-6-2-1-3-7-15/h1-13H. The fourth-order valence-corrected chi connectivity index (χ4v) is 2.27. The van der Waals surface area contributed by atoms with E-state index in [1.807, 2.05) is 78.9 Å². The van der Waals surface area contributed by atoms with Crippen molar-refractivity contribution in [1.82, 2.24) is 0 Å². The molecule has 1 nitrogen and oxygen atoms in total. The Morgan fingerprint density at radius 2 is 1.20 bits per heavy atom. The van der Waals surface area contributed by atoms with Crippen molar-refractivity contribution in [3.8, 4) is 22.6 Å². The van der Waals surface area contributed by atoms with Gasteiger partial charge < -0.3 is 4.74 Å². The van der Waals surface area contributed by atoms with Gasteiger partial charge in [-0.3, -0.25) is 0 Å². The molecule has 0 N–H and O–H groups in total. The third-order valence-electron chi connectivity index (χ3n) is 3.02. The van der Waals surface area contributed by atoms with Gasteiger partial charge in [0.15, 0.2) is 0 Å². The van der Waals surface area contributed by atoms with Crippen LogP contribution in [0, 0.1) is 0 Å². The van der Waals surface area contributed by atoms with E-state index in [1.54, 1.807) is 0 Å². The molecule has 0 bridgehead atoms. The minimum atomic E-state index is 0.754. The molecule has 0 heterocycles. The van der Waals surface area contributed by atoms with Crippen LogP contribution in [0.25, 0.3) is 11.1 Å². The van der Waals surface area contributed by atoms with Gasteiger partial charge in [-0.25, -0.2) is 0 Å². The van der Waals surface area contributed by atoms with Crippen molar-refractivity contribution in [3.05, 3.63) is 83.9 Å². The summed E-state index contributed by atoms with van der Waals surface area (Å²) in [4.78, 5) is 0. The molecule has 0 unspecified atom stereocenters. The summed E-state index contributed by atoms with van der Waals surface area (Å²) in [7, 11) is 0. The van der Waals surface area contributed by atoms with E-state index in [9.17, 15) is 0 Å². The van der Waals surface area contributed by atoms with Gasteiger partial charge in [-0.2, -0.15) is 0 Å². The lowest BCUT2D eigenvalue weighted by molar-refractivity contribution is 0.483. The van der Waals surface area contributed by atoms with Gasteiger partial charge in [0, 0.05) is 10.6 Å². The van der Waals surface area contributed by atoms with E-state index in [2.05, 4.69) is 0 Å². The number of ether oxygens (including phenoxy) is 1. The molecular weight excluding hydrogens is 268 g/mol. The number of benzene rings is 3. The fourth-order valence-electron chi connectivity index (χ4n) is 2.02. The monoisotopic (exact) mass is 280 g/mol. The minimum absolute atomic E-state index is 0.754.